The maximum absolute atomic E-state index is 12.5. The number of rotatable bonds is 8. The molecule has 2 rings (SSSR count). The van der Waals surface area contributed by atoms with Gasteiger partial charge in [-0.15, -0.1) is 0 Å². The quantitative estimate of drug-likeness (QED) is 0.465. The van der Waals surface area contributed by atoms with Crippen LogP contribution in [-0.2, 0) is 4.74 Å². The summed E-state index contributed by atoms with van der Waals surface area (Å²) < 4.78 is 10.4. The van der Waals surface area contributed by atoms with Crippen molar-refractivity contribution in [2.45, 2.75) is 6.92 Å². The first-order valence-corrected chi connectivity index (χ1v) is 9.17. The van der Waals surface area contributed by atoms with E-state index in [-0.39, 0.29) is 16.9 Å². The third-order valence-corrected chi connectivity index (χ3v) is 3.84. The van der Waals surface area contributed by atoms with Gasteiger partial charge in [0, 0.05) is 24.9 Å². The Bertz CT molecular complexity index is 842. The van der Waals surface area contributed by atoms with E-state index in [0.717, 1.165) is 0 Å². The Morgan fingerprint density at radius 3 is 2.61 bits per heavy atom. The van der Waals surface area contributed by atoms with Gasteiger partial charge in [-0.2, -0.15) is 0 Å². The predicted molar refractivity (Wildman–Crippen MR) is 112 cm³/mol. The Morgan fingerprint density at radius 2 is 1.86 bits per heavy atom. The van der Waals surface area contributed by atoms with Crippen molar-refractivity contribution in [3.63, 3.8) is 0 Å². The highest BCUT2D eigenvalue weighted by molar-refractivity contribution is 7.80. The van der Waals surface area contributed by atoms with E-state index in [1.165, 1.54) is 0 Å². The monoisotopic (exact) mass is 401 g/mol. The first-order chi connectivity index (χ1) is 13.5. The molecule has 2 amide bonds. The van der Waals surface area contributed by atoms with Gasteiger partial charge in [-0.05, 0) is 49.5 Å². The second-order valence-corrected chi connectivity index (χ2v) is 6.08. The Morgan fingerprint density at radius 1 is 1.07 bits per heavy atom. The molecule has 0 aromatic heterocycles. The Kier molecular flexibility index (Phi) is 8.38. The van der Waals surface area contributed by atoms with Gasteiger partial charge in [-0.25, -0.2) is 0 Å². The van der Waals surface area contributed by atoms with E-state index in [1.54, 1.807) is 55.6 Å². The Hall–Kier alpha value is -2.97. The van der Waals surface area contributed by atoms with Crippen LogP contribution in [0.25, 0.3) is 0 Å². The molecule has 0 aliphatic rings. The fourth-order valence-corrected chi connectivity index (χ4v) is 2.59. The number of methoxy groups -OCH3 is 1. The van der Waals surface area contributed by atoms with Gasteiger partial charge in [0.05, 0.1) is 18.8 Å². The molecule has 0 aliphatic heterocycles. The molecule has 28 heavy (non-hydrogen) atoms. The van der Waals surface area contributed by atoms with Gasteiger partial charge in [-0.3, -0.25) is 14.9 Å². The zero-order valence-corrected chi connectivity index (χ0v) is 16.6. The summed E-state index contributed by atoms with van der Waals surface area (Å²) in [6.45, 7) is 3.15. The van der Waals surface area contributed by atoms with Gasteiger partial charge in [0.25, 0.3) is 11.8 Å². The van der Waals surface area contributed by atoms with Crippen molar-refractivity contribution < 1.29 is 19.1 Å². The molecule has 0 spiro atoms. The van der Waals surface area contributed by atoms with Gasteiger partial charge >= 0.3 is 0 Å². The first-order valence-electron chi connectivity index (χ1n) is 8.76. The highest BCUT2D eigenvalue weighted by atomic mass is 32.1. The molecule has 0 atom stereocenters. The number of nitrogens with one attached hydrogen (secondary N) is 3. The SMILES string of the molecule is CCOc1ccccc1C(=O)NC(=S)Nc1cccc(C(=O)NCCOC)c1. The van der Waals surface area contributed by atoms with Crippen LogP contribution in [0.15, 0.2) is 48.5 Å². The molecule has 2 aromatic rings. The summed E-state index contributed by atoms with van der Waals surface area (Å²) in [6.07, 6.45) is 0. The van der Waals surface area contributed by atoms with Crippen LogP contribution in [-0.4, -0.2) is 43.8 Å². The van der Waals surface area contributed by atoms with Gasteiger partial charge in [-0.1, -0.05) is 18.2 Å². The zero-order valence-electron chi connectivity index (χ0n) is 15.8. The third kappa shape index (κ3) is 6.33. The van der Waals surface area contributed by atoms with Gasteiger partial charge in [0.15, 0.2) is 5.11 Å². The summed E-state index contributed by atoms with van der Waals surface area (Å²) in [6, 6.07) is 13.7. The first kappa shape index (κ1) is 21.3. The molecule has 0 unspecified atom stereocenters. The molecule has 0 bridgehead atoms. The molecule has 0 fully saturated rings. The van der Waals surface area contributed by atoms with Crippen LogP contribution in [0.3, 0.4) is 0 Å². The molecule has 0 saturated heterocycles. The minimum absolute atomic E-state index is 0.119. The van der Waals surface area contributed by atoms with E-state index in [1.807, 2.05) is 6.92 Å². The lowest BCUT2D eigenvalue weighted by Gasteiger charge is -2.13. The smallest absolute Gasteiger partial charge is 0.261 e. The number of ether oxygens (including phenoxy) is 2. The van der Waals surface area contributed by atoms with E-state index in [4.69, 9.17) is 21.7 Å². The normalized spacial score (nSPS) is 10.1. The van der Waals surface area contributed by atoms with E-state index < -0.39 is 0 Å². The van der Waals surface area contributed by atoms with Crippen molar-refractivity contribution in [2.75, 3.05) is 32.2 Å². The largest absolute Gasteiger partial charge is 0.493 e. The van der Waals surface area contributed by atoms with Gasteiger partial charge in [0.1, 0.15) is 5.75 Å². The average Bonchev–Trinajstić information content (AvgIpc) is 2.68. The van der Waals surface area contributed by atoms with Crippen LogP contribution >= 0.6 is 12.2 Å². The maximum atomic E-state index is 12.5. The van der Waals surface area contributed by atoms with E-state index in [2.05, 4.69) is 16.0 Å². The highest BCUT2D eigenvalue weighted by Gasteiger charge is 2.13. The minimum Gasteiger partial charge on any atom is -0.493 e. The van der Waals surface area contributed by atoms with Crippen LogP contribution in [0.5, 0.6) is 5.75 Å². The van der Waals surface area contributed by atoms with Crippen molar-refractivity contribution in [3.8, 4) is 5.75 Å². The second kappa shape index (κ2) is 11.0. The van der Waals surface area contributed by atoms with Crippen molar-refractivity contribution in [2.24, 2.45) is 0 Å². The van der Waals surface area contributed by atoms with Crippen LogP contribution in [0.4, 0.5) is 5.69 Å². The summed E-state index contributed by atoms with van der Waals surface area (Å²) in [5, 5.41) is 8.39. The number of hydrogen-bond acceptors (Lipinski definition) is 5. The fraction of sp³-hybridized carbons (Fsp3) is 0.250. The average molecular weight is 401 g/mol. The number of carbonyl (C=O) groups is 2. The van der Waals surface area contributed by atoms with E-state index in [0.29, 0.717) is 42.3 Å². The molecule has 0 heterocycles. The predicted octanol–water partition coefficient (Wildman–Crippen LogP) is 2.59. The van der Waals surface area contributed by atoms with Gasteiger partial charge in [0.2, 0.25) is 0 Å². The highest BCUT2D eigenvalue weighted by Crippen LogP contribution is 2.18. The molecule has 7 nitrogen and oxygen atoms in total. The van der Waals surface area contributed by atoms with Crippen LogP contribution < -0.4 is 20.7 Å². The summed E-state index contributed by atoms with van der Waals surface area (Å²) in [4.78, 5) is 24.6. The molecule has 2 aromatic carbocycles. The van der Waals surface area contributed by atoms with Crippen molar-refractivity contribution in [1.82, 2.24) is 10.6 Å². The lowest BCUT2D eigenvalue weighted by molar-refractivity contribution is 0.0935. The molecule has 3 N–H and O–H groups in total. The number of para-hydroxylation sites is 1. The molecule has 8 heteroatoms. The van der Waals surface area contributed by atoms with Crippen molar-refractivity contribution >= 4 is 34.8 Å². The summed E-state index contributed by atoms with van der Waals surface area (Å²) in [7, 11) is 1.57. The van der Waals surface area contributed by atoms with E-state index in [9.17, 15) is 9.59 Å². The summed E-state index contributed by atoms with van der Waals surface area (Å²) >= 11 is 5.21. The van der Waals surface area contributed by atoms with Crippen LogP contribution in [0.2, 0.25) is 0 Å². The lowest BCUT2D eigenvalue weighted by Crippen LogP contribution is -2.34. The minimum atomic E-state index is -0.380. The van der Waals surface area contributed by atoms with Crippen molar-refractivity contribution in [1.29, 1.82) is 0 Å². The topological polar surface area (TPSA) is 88.7 Å². The van der Waals surface area contributed by atoms with Crippen LogP contribution in [0, 0.1) is 0 Å². The number of hydrogen-bond donors (Lipinski definition) is 3. The number of anilines is 1. The second-order valence-electron chi connectivity index (χ2n) is 5.67. The Balaban J connectivity index is 1.99. The van der Waals surface area contributed by atoms with Crippen molar-refractivity contribution in [3.05, 3.63) is 59.7 Å². The molecule has 0 aliphatic carbocycles. The third-order valence-electron chi connectivity index (χ3n) is 3.63. The maximum Gasteiger partial charge on any atom is 0.261 e. The number of benzene rings is 2. The van der Waals surface area contributed by atoms with E-state index >= 15 is 0 Å². The summed E-state index contributed by atoms with van der Waals surface area (Å²) in [5.41, 5.74) is 1.44. The Labute approximate surface area is 169 Å². The van der Waals surface area contributed by atoms with Gasteiger partial charge < -0.3 is 20.1 Å². The number of thiocarbonyl (C=S) groups is 1. The molecular formula is C20H23N3O4S. The molecule has 0 radical (unpaired) electrons. The molecule has 148 valence electrons. The number of carbonyl (C=O) groups excluding carboxylic acids is 2. The molecular weight excluding hydrogens is 378 g/mol. The fourth-order valence-electron chi connectivity index (χ4n) is 2.38. The molecule has 0 saturated carbocycles. The zero-order chi connectivity index (χ0) is 20.4. The standard InChI is InChI=1S/C20H23N3O4S/c1-3-27-17-10-5-4-9-16(17)19(25)23-20(28)22-15-8-6-7-14(13-15)18(24)21-11-12-26-2/h4-10,13H,3,11-12H2,1-2H3,(H,21,24)(H2,22,23,25,28). The lowest BCUT2D eigenvalue weighted by atomic mass is 10.2. The summed E-state index contributed by atoms with van der Waals surface area (Å²) in [5.74, 6) is -0.115. The number of amides is 2. The van der Waals surface area contributed by atoms with Crippen LogP contribution in [0.1, 0.15) is 27.6 Å².